The van der Waals surface area contributed by atoms with Crippen LogP contribution in [0.15, 0.2) is 24.3 Å². The normalized spacial score (nSPS) is 14.7. The molecular formula is C20H26N6O. The van der Waals surface area contributed by atoms with E-state index in [0.717, 1.165) is 68.4 Å². The smallest absolute Gasteiger partial charge is 0.207 e. The second kappa shape index (κ2) is 7.92. The average Bonchev–Trinajstić information content (AvgIpc) is 3.08. The Labute approximate surface area is 159 Å². The molecule has 7 heteroatoms. The molecule has 1 saturated heterocycles. The predicted octanol–water partition coefficient (Wildman–Crippen LogP) is 3.58. The summed E-state index contributed by atoms with van der Waals surface area (Å²) in [6, 6.07) is 8.23. The lowest BCUT2D eigenvalue weighted by Gasteiger charge is -2.28. The molecule has 0 atom stereocenters. The lowest BCUT2D eigenvalue weighted by Crippen LogP contribution is -2.37. The lowest BCUT2D eigenvalue weighted by molar-refractivity contribution is 0.122. The van der Waals surface area contributed by atoms with E-state index in [0.29, 0.717) is 11.6 Å². The molecule has 0 unspecified atom stereocenters. The van der Waals surface area contributed by atoms with Crippen LogP contribution in [-0.4, -0.2) is 46.2 Å². The molecule has 4 rings (SSSR count). The van der Waals surface area contributed by atoms with Gasteiger partial charge in [0.2, 0.25) is 5.95 Å². The molecule has 0 amide bonds. The van der Waals surface area contributed by atoms with Gasteiger partial charge in [0, 0.05) is 25.2 Å². The van der Waals surface area contributed by atoms with E-state index >= 15 is 0 Å². The monoisotopic (exact) mass is 366 g/mol. The van der Waals surface area contributed by atoms with Gasteiger partial charge < -0.3 is 19.9 Å². The number of fused-ring (bicyclic) bond motifs is 1. The number of nitrogens with one attached hydrogen (secondary N) is 2. The number of unbranched alkanes of at least 4 members (excludes halogenated alkanes) is 1. The minimum atomic E-state index is 0.687. The van der Waals surface area contributed by atoms with Gasteiger partial charge in [0.25, 0.3) is 0 Å². The zero-order valence-electron chi connectivity index (χ0n) is 16.0. The van der Waals surface area contributed by atoms with E-state index in [1.807, 2.05) is 12.1 Å². The number of anilines is 3. The van der Waals surface area contributed by atoms with Crippen molar-refractivity contribution in [3.05, 3.63) is 35.7 Å². The zero-order chi connectivity index (χ0) is 18.6. The van der Waals surface area contributed by atoms with Crippen molar-refractivity contribution in [3.8, 4) is 0 Å². The van der Waals surface area contributed by atoms with Crippen molar-refractivity contribution >= 4 is 28.6 Å². The number of benzene rings is 1. The molecule has 2 aromatic heterocycles. The second-order valence-electron chi connectivity index (χ2n) is 6.94. The Balaban J connectivity index is 1.70. The highest BCUT2D eigenvalue weighted by molar-refractivity contribution is 5.86. The van der Waals surface area contributed by atoms with Gasteiger partial charge in [0.1, 0.15) is 11.3 Å². The Morgan fingerprint density at radius 2 is 2.04 bits per heavy atom. The van der Waals surface area contributed by atoms with Gasteiger partial charge in [-0.2, -0.15) is 4.98 Å². The maximum Gasteiger partial charge on any atom is 0.207 e. The van der Waals surface area contributed by atoms with E-state index in [-0.39, 0.29) is 0 Å². The van der Waals surface area contributed by atoms with Crippen molar-refractivity contribution < 1.29 is 4.74 Å². The molecule has 0 aliphatic carbocycles. The summed E-state index contributed by atoms with van der Waals surface area (Å²) >= 11 is 0. The fourth-order valence-electron chi connectivity index (χ4n) is 3.30. The molecule has 3 heterocycles. The van der Waals surface area contributed by atoms with Gasteiger partial charge in [-0.25, -0.2) is 9.97 Å². The summed E-state index contributed by atoms with van der Waals surface area (Å²) in [5.41, 5.74) is 3.80. The SMILES string of the molecule is CCCCc1nc(N2CCOCC2)c2[nH]c(Nc3cccc(C)c3)nc2n1. The Morgan fingerprint density at radius 1 is 1.19 bits per heavy atom. The number of aromatic amines is 1. The number of imidazole rings is 1. The second-order valence-corrected chi connectivity index (χ2v) is 6.94. The largest absolute Gasteiger partial charge is 0.378 e. The number of aromatic nitrogens is 4. The molecule has 0 saturated carbocycles. The topological polar surface area (TPSA) is 79.0 Å². The maximum absolute atomic E-state index is 5.50. The number of morpholine rings is 1. The van der Waals surface area contributed by atoms with Gasteiger partial charge >= 0.3 is 0 Å². The first kappa shape index (κ1) is 17.7. The average molecular weight is 366 g/mol. The van der Waals surface area contributed by atoms with Crippen LogP contribution in [0, 0.1) is 6.92 Å². The molecule has 1 aliphatic rings. The van der Waals surface area contributed by atoms with Gasteiger partial charge in [0.05, 0.1) is 13.2 Å². The third-order valence-electron chi connectivity index (χ3n) is 4.72. The first-order chi connectivity index (χ1) is 13.2. The molecule has 27 heavy (non-hydrogen) atoms. The Hall–Kier alpha value is -2.67. The first-order valence-corrected chi connectivity index (χ1v) is 9.66. The van der Waals surface area contributed by atoms with E-state index in [1.165, 1.54) is 5.56 Å². The highest BCUT2D eigenvalue weighted by Crippen LogP contribution is 2.26. The number of rotatable bonds is 6. The summed E-state index contributed by atoms with van der Waals surface area (Å²) in [4.78, 5) is 19.9. The minimum Gasteiger partial charge on any atom is -0.378 e. The van der Waals surface area contributed by atoms with Crippen LogP contribution in [0.1, 0.15) is 31.2 Å². The highest BCUT2D eigenvalue weighted by atomic mass is 16.5. The Bertz CT molecular complexity index is 916. The third kappa shape index (κ3) is 4.03. The molecule has 0 radical (unpaired) electrons. The van der Waals surface area contributed by atoms with Crippen molar-refractivity contribution in [1.29, 1.82) is 0 Å². The Kier molecular flexibility index (Phi) is 5.20. The number of ether oxygens (including phenoxy) is 1. The fraction of sp³-hybridized carbons (Fsp3) is 0.450. The molecule has 1 fully saturated rings. The quantitative estimate of drug-likeness (QED) is 0.694. The van der Waals surface area contributed by atoms with Crippen LogP contribution < -0.4 is 10.2 Å². The summed E-state index contributed by atoms with van der Waals surface area (Å²) in [6.07, 6.45) is 3.07. The van der Waals surface area contributed by atoms with Gasteiger partial charge in [-0.3, -0.25) is 0 Å². The van der Waals surface area contributed by atoms with Crippen LogP contribution in [0.4, 0.5) is 17.5 Å². The fourth-order valence-corrected chi connectivity index (χ4v) is 3.30. The maximum atomic E-state index is 5.50. The van der Waals surface area contributed by atoms with Crippen LogP contribution in [-0.2, 0) is 11.2 Å². The number of H-pyrrole nitrogens is 1. The van der Waals surface area contributed by atoms with Crippen molar-refractivity contribution in [2.24, 2.45) is 0 Å². The summed E-state index contributed by atoms with van der Waals surface area (Å²) in [6.45, 7) is 7.36. The summed E-state index contributed by atoms with van der Waals surface area (Å²) in [7, 11) is 0. The summed E-state index contributed by atoms with van der Waals surface area (Å²) in [5.74, 6) is 2.48. The molecule has 2 N–H and O–H groups in total. The third-order valence-corrected chi connectivity index (χ3v) is 4.72. The van der Waals surface area contributed by atoms with E-state index in [2.05, 4.69) is 46.2 Å². The van der Waals surface area contributed by atoms with Gasteiger partial charge in [-0.15, -0.1) is 0 Å². The summed E-state index contributed by atoms with van der Waals surface area (Å²) in [5, 5.41) is 3.35. The number of hydrogen-bond acceptors (Lipinski definition) is 6. The van der Waals surface area contributed by atoms with Crippen LogP contribution in [0.5, 0.6) is 0 Å². The Morgan fingerprint density at radius 3 is 2.81 bits per heavy atom. The van der Waals surface area contributed by atoms with E-state index in [1.54, 1.807) is 0 Å². The van der Waals surface area contributed by atoms with Crippen LogP contribution in [0.2, 0.25) is 0 Å². The van der Waals surface area contributed by atoms with Crippen LogP contribution in [0.25, 0.3) is 11.2 Å². The van der Waals surface area contributed by atoms with Crippen molar-refractivity contribution in [2.75, 3.05) is 36.5 Å². The molecule has 7 nitrogen and oxygen atoms in total. The standard InChI is InChI=1S/C20H26N6O/c1-3-4-8-16-22-18-17(19(23-16)26-9-11-27-12-10-26)24-20(25-18)21-15-7-5-6-14(2)13-15/h5-7,13H,3-4,8-12H2,1-2H3,(H2,21,22,23,24,25). The molecular weight excluding hydrogens is 340 g/mol. The molecule has 142 valence electrons. The van der Waals surface area contributed by atoms with Gasteiger partial charge in [-0.05, 0) is 31.0 Å². The highest BCUT2D eigenvalue weighted by Gasteiger charge is 2.20. The van der Waals surface area contributed by atoms with Gasteiger partial charge in [-0.1, -0.05) is 25.5 Å². The van der Waals surface area contributed by atoms with E-state index in [4.69, 9.17) is 14.7 Å². The van der Waals surface area contributed by atoms with Crippen molar-refractivity contribution in [3.63, 3.8) is 0 Å². The van der Waals surface area contributed by atoms with Gasteiger partial charge in [0.15, 0.2) is 11.5 Å². The molecule has 0 bridgehead atoms. The molecule has 3 aromatic rings. The van der Waals surface area contributed by atoms with Crippen LogP contribution in [0.3, 0.4) is 0 Å². The van der Waals surface area contributed by atoms with E-state index in [9.17, 15) is 0 Å². The molecule has 1 aromatic carbocycles. The molecule has 1 aliphatic heterocycles. The first-order valence-electron chi connectivity index (χ1n) is 9.66. The number of hydrogen-bond donors (Lipinski definition) is 2. The number of aryl methyl sites for hydroxylation is 2. The number of nitrogens with zero attached hydrogens (tertiary/aromatic N) is 4. The van der Waals surface area contributed by atoms with Crippen LogP contribution >= 0.6 is 0 Å². The summed E-state index contributed by atoms with van der Waals surface area (Å²) < 4.78 is 5.50. The lowest BCUT2D eigenvalue weighted by atomic mass is 10.2. The minimum absolute atomic E-state index is 0.687. The predicted molar refractivity (Wildman–Crippen MR) is 108 cm³/mol. The van der Waals surface area contributed by atoms with Crippen molar-refractivity contribution in [2.45, 2.75) is 33.1 Å². The van der Waals surface area contributed by atoms with Crippen molar-refractivity contribution in [1.82, 2.24) is 19.9 Å². The zero-order valence-corrected chi connectivity index (χ0v) is 16.0. The molecule has 0 spiro atoms. The van der Waals surface area contributed by atoms with E-state index < -0.39 is 0 Å².